The van der Waals surface area contributed by atoms with E-state index in [0.717, 1.165) is 44.4 Å². The van der Waals surface area contributed by atoms with Gasteiger partial charge in [-0.05, 0) is 30.3 Å². The molecule has 1 aliphatic heterocycles. The number of methoxy groups -OCH3 is 1. The van der Waals surface area contributed by atoms with Crippen LogP contribution in [0.5, 0.6) is 0 Å². The van der Waals surface area contributed by atoms with Gasteiger partial charge in [-0.25, -0.2) is 14.8 Å². The summed E-state index contributed by atoms with van der Waals surface area (Å²) in [7, 11) is 3.29. The van der Waals surface area contributed by atoms with Crippen LogP contribution in [0.3, 0.4) is 0 Å². The van der Waals surface area contributed by atoms with Gasteiger partial charge in [0.15, 0.2) is 11.9 Å². The van der Waals surface area contributed by atoms with Gasteiger partial charge in [-0.3, -0.25) is 4.68 Å². The zero-order valence-corrected chi connectivity index (χ0v) is 19.4. The summed E-state index contributed by atoms with van der Waals surface area (Å²) in [6.45, 7) is 1.35. The topological polar surface area (TPSA) is 98.2 Å². The molecule has 0 aliphatic carbocycles. The van der Waals surface area contributed by atoms with Crippen molar-refractivity contribution in [3.63, 3.8) is 0 Å². The summed E-state index contributed by atoms with van der Waals surface area (Å²) in [6, 6.07) is 16.2. The van der Waals surface area contributed by atoms with E-state index >= 15 is 0 Å². The summed E-state index contributed by atoms with van der Waals surface area (Å²) in [4.78, 5) is 27.6. The molecule has 9 heteroatoms. The minimum Gasteiger partial charge on any atom is -0.467 e. The molecule has 6 rings (SSSR count). The molecule has 0 amide bonds. The first-order chi connectivity index (χ1) is 17.1. The minimum atomic E-state index is -0.671. The summed E-state index contributed by atoms with van der Waals surface area (Å²) in [5, 5.41) is 6.26. The Morgan fingerprint density at radius 3 is 2.89 bits per heavy atom. The Labute approximate surface area is 201 Å². The number of carbonyl (C=O) groups excluding carboxylic acids is 1. The number of hydrogen-bond donors (Lipinski definition) is 1. The number of nitrogens with zero attached hydrogens (tertiary/aromatic N) is 5. The number of benzene rings is 2. The summed E-state index contributed by atoms with van der Waals surface area (Å²) < 4.78 is 12.5. The Kier molecular flexibility index (Phi) is 5.18. The van der Waals surface area contributed by atoms with E-state index in [1.54, 1.807) is 6.20 Å². The highest BCUT2D eigenvalue weighted by Crippen LogP contribution is 2.34. The second kappa shape index (κ2) is 8.52. The van der Waals surface area contributed by atoms with Gasteiger partial charge in [0.25, 0.3) is 0 Å². The highest BCUT2D eigenvalue weighted by Gasteiger charge is 2.29. The summed E-state index contributed by atoms with van der Waals surface area (Å²) in [5.41, 5.74) is 4.80. The number of morpholine rings is 1. The molecule has 4 heterocycles. The summed E-state index contributed by atoms with van der Waals surface area (Å²) in [5.74, 6) is 1.01. The molecule has 1 fully saturated rings. The van der Waals surface area contributed by atoms with Crippen molar-refractivity contribution in [2.24, 2.45) is 7.05 Å². The molecule has 1 atom stereocenters. The van der Waals surface area contributed by atoms with Crippen LogP contribution in [0.4, 0.5) is 5.82 Å². The van der Waals surface area contributed by atoms with Crippen LogP contribution in [-0.2, 0) is 21.3 Å². The van der Waals surface area contributed by atoms with Crippen molar-refractivity contribution in [1.82, 2.24) is 24.7 Å². The smallest absolute Gasteiger partial charge is 0.336 e. The Balaban J connectivity index is 1.54. The number of rotatable bonds is 4. The monoisotopic (exact) mass is 468 g/mol. The van der Waals surface area contributed by atoms with E-state index in [1.807, 2.05) is 60.4 Å². The Hall–Kier alpha value is -4.24. The van der Waals surface area contributed by atoms with E-state index in [0.29, 0.717) is 25.5 Å². The average molecular weight is 469 g/mol. The quantitative estimate of drug-likeness (QED) is 0.403. The molecule has 0 saturated carbocycles. The fraction of sp³-hybridized carbons (Fsp3) is 0.231. The van der Waals surface area contributed by atoms with E-state index in [9.17, 15) is 4.79 Å². The van der Waals surface area contributed by atoms with Gasteiger partial charge in [-0.2, -0.15) is 5.10 Å². The molecule has 0 radical (unpaired) electrons. The van der Waals surface area contributed by atoms with Gasteiger partial charge in [-0.1, -0.05) is 18.2 Å². The van der Waals surface area contributed by atoms with E-state index in [2.05, 4.69) is 21.0 Å². The van der Waals surface area contributed by atoms with E-state index in [4.69, 9.17) is 19.4 Å². The third kappa shape index (κ3) is 3.70. The molecule has 0 bridgehead atoms. The number of aromatic amines is 1. The maximum atomic E-state index is 12.2. The fourth-order valence-electron chi connectivity index (χ4n) is 4.69. The number of ether oxygens (including phenoxy) is 2. The molecule has 176 valence electrons. The number of carbonyl (C=O) groups is 1. The Morgan fingerprint density at radius 1 is 1.14 bits per heavy atom. The number of H-pyrrole nitrogens is 1. The minimum absolute atomic E-state index is 0.350. The molecule has 1 aliphatic rings. The molecule has 0 spiro atoms. The lowest BCUT2D eigenvalue weighted by Gasteiger charge is -2.33. The number of nitrogens with one attached hydrogen (secondary N) is 1. The number of aryl methyl sites for hydroxylation is 1. The van der Waals surface area contributed by atoms with Crippen LogP contribution >= 0.6 is 0 Å². The van der Waals surface area contributed by atoms with Crippen molar-refractivity contribution in [3.05, 3.63) is 60.9 Å². The van der Waals surface area contributed by atoms with E-state index in [1.165, 1.54) is 7.11 Å². The van der Waals surface area contributed by atoms with Crippen LogP contribution in [-0.4, -0.2) is 63.6 Å². The SMILES string of the molecule is COC(=O)C1CN(c2nc(-c3cccc4[nH]ccc34)nc3ccc(-c4ccnn4C)cc23)CCO1. The van der Waals surface area contributed by atoms with Gasteiger partial charge < -0.3 is 19.4 Å². The van der Waals surface area contributed by atoms with Crippen LogP contribution in [0, 0.1) is 0 Å². The zero-order valence-electron chi connectivity index (χ0n) is 19.4. The third-order valence-corrected chi connectivity index (χ3v) is 6.46. The zero-order chi connectivity index (χ0) is 23.9. The molecule has 1 unspecified atom stereocenters. The van der Waals surface area contributed by atoms with Gasteiger partial charge >= 0.3 is 5.97 Å². The van der Waals surface area contributed by atoms with Crippen molar-refractivity contribution < 1.29 is 14.3 Å². The predicted octanol–water partition coefficient (Wildman–Crippen LogP) is 3.56. The van der Waals surface area contributed by atoms with Gasteiger partial charge in [0.2, 0.25) is 0 Å². The largest absolute Gasteiger partial charge is 0.467 e. The maximum absolute atomic E-state index is 12.2. The fourth-order valence-corrected chi connectivity index (χ4v) is 4.69. The molecule has 9 nitrogen and oxygen atoms in total. The standard InChI is InChI=1S/C26H24N6O3/c1-31-22(9-11-28-31)16-6-7-21-19(14-16)25(32-12-13-35-23(15-32)26(33)34-2)30-24(29-21)18-4-3-5-20-17(18)8-10-27-20/h3-11,14,23,27H,12-13,15H2,1-2H3. The predicted molar refractivity (Wildman–Crippen MR) is 133 cm³/mol. The van der Waals surface area contributed by atoms with E-state index < -0.39 is 6.10 Å². The molecule has 3 aromatic heterocycles. The van der Waals surface area contributed by atoms with Crippen molar-refractivity contribution in [2.75, 3.05) is 31.7 Å². The highest BCUT2D eigenvalue weighted by atomic mass is 16.6. The lowest BCUT2D eigenvalue weighted by Crippen LogP contribution is -2.47. The van der Waals surface area contributed by atoms with Crippen LogP contribution < -0.4 is 4.90 Å². The Morgan fingerprint density at radius 2 is 2.06 bits per heavy atom. The normalized spacial score (nSPS) is 16.2. The van der Waals surface area contributed by atoms with Crippen LogP contribution in [0.25, 0.3) is 44.5 Å². The third-order valence-electron chi connectivity index (χ3n) is 6.46. The lowest BCUT2D eigenvalue weighted by molar-refractivity contribution is -0.154. The van der Waals surface area contributed by atoms with Gasteiger partial charge in [0.05, 0.1) is 31.5 Å². The average Bonchev–Trinajstić information content (AvgIpc) is 3.56. The molecule has 2 aromatic carbocycles. The second-order valence-electron chi connectivity index (χ2n) is 8.52. The summed E-state index contributed by atoms with van der Waals surface area (Å²) in [6.07, 6.45) is 3.02. The van der Waals surface area contributed by atoms with Crippen molar-refractivity contribution in [3.8, 4) is 22.6 Å². The first-order valence-electron chi connectivity index (χ1n) is 11.4. The van der Waals surface area contributed by atoms with Crippen LogP contribution in [0.2, 0.25) is 0 Å². The molecular weight excluding hydrogens is 444 g/mol. The summed E-state index contributed by atoms with van der Waals surface area (Å²) >= 11 is 0. The molecule has 5 aromatic rings. The second-order valence-corrected chi connectivity index (χ2v) is 8.52. The van der Waals surface area contributed by atoms with Crippen LogP contribution in [0.15, 0.2) is 60.9 Å². The molecule has 1 saturated heterocycles. The van der Waals surface area contributed by atoms with Gasteiger partial charge in [-0.15, -0.1) is 0 Å². The lowest BCUT2D eigenvalue weighted by atomic mass is 10.1. The molecule has 1 N–H and O–H groups in total. The number of fused-ring (bicyclic) bond motifs is 2. The van der Waals surface area contributed by atoms with Crippen molar-refractivity contribution in [1.29, 1.82) is 0 Å². The van der Waals surface area contributed by atoms with Crippen molar-refractivity contribution in [2.45, 2.75) is 6.10 Å². The first kappa shape index (κ1) is 21.3. The molecular formula is C26H24N6O3. The number of anilines is 1. The highest BCUT2D eigenvalue weighted by molar-refractivity contribution is 5.98. The molecule has 35 heavy (non-hydrogen) atoms. The number of hydrogen-bond acceptors (Lipinski definition) is 7. The van der Waals surface area contributed by atoms with Gasteiger partial charge in [0, 0.05) is 53.4 Å². The number of esters is 1. The van der Waals surface area contributed by atoms with Crippen molar-refractivity contribution >= 4 is 33.6 Å². The van der Waals surface area contributed by atoms with Gasteiger partial charge in [0.1, 0.15) is 5.82 Å². The first-order valence-corrected chi connectivity index (χ1v) is 11.4. The Bertz CT molecular complexity index is 1560. The maximum Gasteiger partial charge on any atom is 0.336 e. The number of aromatic nitrogens is 5. The van der Waals surface area contributed by atoms with Crippen LogP contribution in [0.1, 0.15) is 0 Å². The van der Waals surface area contributed by atoms with E-state index in [-0.39, 0.29) is 5.97 Å².